The Bertz CT molecular complexity index is 728. The summed E-state index contributed by atoms with van der Waals surface area (Å²) in [6, 6.07) is 2.08. The largest absolute Gasteiger partial charge is 0.322 e. The molecule has 1 aliphatic heterocycles. The topological polar surface area (TPSA) is 42.0 Å². The number of aromatic nitrogens is 1. The molecule has 0 radical (unpaired) electrons. The van der Waals surface area contributed by atoms with E-state index in [4.69, 9.17) is 0 Å². The molecule has 33 heavy (non-hydrogen) atoms. The number of nitrogens with zero attached hydrogens (tertiary/aromatic N) is 1. The van der Waals surface area contributed by atoms with E-state index in [1.54, 1.807) is 23.5 Å². The molecule has 3 atom stereocenters. The highest BCUT2D eigenvalue weighted by atomic mass is 32.2. The van der Waals surface area contributed by atoms with Crippen LogP contribution in [0.4, 0.5) is 5.69 Å². The predicted molar refractivity (Wildman–Crippen MR) is 151 cm³/mol. The lowest BCUT2D eigenvalue weighted by Gasteiger charge is -2.31. The monoisotopic (exact) mass is 508 g/mol. The summed E-state index contributed by atoms with van der Waals surface area (Å²) >= 11 is 5.17. The van der Waals surface area contributed by atoms with Crippen molar-refractivity contribution in [3.8, 4) is 0 Å². The van der Waals surface area contributed by atoms with Gasteiger partial charge in [-0.2, -0.15) is 0 Å². The molecule has 0 aromatic carbocycles. The molecule has 3 nitrogen and oxygen atoms in total. The SMILES string of the molecule is CCCCCCC[C@H]1C=C[C@@H](CCCCCC)S[C@@H]1C(=O)Nc1c(SC)cc(C)nc1SC. The van der Waals surface area contributed by atoms with Crippen LogP contribution in [0, 0.1) is 12.8 Å². The van der Waals surface area contributed by atoms with Crippen molar-refractivity contribution in [2.24, 2.45) is 5.92 Å². The number of unbranched alkanes of at least 4 members (excludes halogenated alkanes) is 7. The van der Waals surface area contributed by atoms with Crippen LogP contribution in [-0.4, -0.2) is 33.9 Å². The van der Waals surface area contributed by atoms with E-state index in [0.29, 0.717) is 11.2 Å². The van der Waals surface area contributed by atoms with Gasteiger partial charge in [-0.05, 0) is 44.3 Å². The van der Waals surface area contributed by atoms with Crippen LogP contribution in [0.5, 0.6) is 0 Å². The molecule has 0 saturated heterocycles. The third-order valence-corrected chi connectivity index (χ3v) is 9.31. The van der Waals surface area contributed by atoms with Gasteiger partial charge in [0.2, 0.25) is 5.91 Å². The maximum atomic E-state index is 13.6. The van der Waals surface area contributed by atoms with Crippen molar-refractivity contribution in [3.63, 3.8) is 0 Å². The molecule has 0 fully saturated rings. The number of amides is 1. The van der Waals surface area contributed by atoms with Crippen molar-refractivity contribution in [1.82, 2.24) is 4.98 Å². The first kappa shape index (κ1) is 28.6. The van der Waals surface area contributed by atoms with E-state index < -0.39 is 0 Å². The minimum atomic E-state index is -0.0249. The lowest BCUT2D eigenvalue weighted by molar-refractivity contribution is -0.116. The van der Waals surface area contributed by atoms with Gasteiger partial charge in [0.25, 0.3) is 0 Å². The van der Waals surface area contributed by atoms with Gasteiger partial charge in [-0.15, -0.1) is 35.3 Å². The average Bonchev–Trinajstić information content (AvgIpc) is 2.82. The fourth-order valence-electron chi connectivity index (χ4n) is 4.36. The lowest BCUT2D eigenvalue weighted by atomic mass is 9.94. The number of anilines is 1. The summed E-state index contributed by atoms with van der Waals surface area (Å²) in [6.45, 7) is 6.53. The summed E-state index contributed by atoms with van der Waals surface area (Å²) in [5.41, 5.74) is 1.88. The fraction of sp³-hybridized carbons (Fsp3) is 0.704. The number of allylic oxidation sites excluding steroid dienone is 1. The molecule has 0 saturated carbocycles. The zero-order valence-electron chi connectivity index (χ0n) is 21.3. The van der Waals surface area contributed by atoms with Crippen molar-refractivity contribution in [3.05, 3.63) is 23.9 Å². The summed E-state index contributed by atoms with van der Waals surface area (Å²) in [5, 5.41) is 4.66. The lowest BCUT2D eigenvalue weighted by Crippen LogP contribution is -2.35. The van der Waals surface area contributed by atoms with Crippen LogP contribution in [0.2, 0.25) is 0 Å². The Labute approximate surface area is 215 Å². The number of hydrogen-bond donors (Lipinski definition) is 1. The van der Waals surface area contributed by atoms with Gasteiger partial charge in [0.15, 0.2) is 0 Å². The van der Waals surface area contributed by atoms with Crippen molar-refractivity contribution in [2.45, 2.75) is 112 Å². The van der Waals surface area contributed by atoms with E-state index in [9.17, 15) is 4.79 Å². The molecule has 2 heterocycles. The molecular formula is C27H44N2OS3. The third-order valence-electron chi connectivity index (χ3n) is 6.26. The van der Waals surface area contributed by atoms with E-state index >= 15 is 0 Å². The Hall–Kier alpha value is -0.590. The molecule has 0 bridgehead atoms. The van der Waals surface area contributed by atoms with Gasteiger partial charge >= 0.3 is 0 Å². The number of carbonyl (C=O) groups is 1. The molecule has 2 rings (SSSR count). The molecule has 186 valence electrons. The first-order chi connectivity index (χ1) is 16.0. The van der Waals surface area contributed by atoms with Crippen LogP contribution in [0.25, 0.3) is 0 Å². The van der Waals surface area contributed by atoms with E-state index in [0.717, 1.165) is 27.7 Å². The van der Waals surface area contributed by atoms with Gasteiger partial charge in [0, 0.05) is 15.8 Å². The van der Waals surface area contributed by atoms with Crippen LogP contribution in [0.1, 0.15) is 90.2 Å². The summed E-state index contributed by atoms with van der Waals surface area (Å²) in [6.07, 6.45) is 22.6. The number of hydrogen-bond acceptors (Lipinski definition) is 5. The highest BCUT2D eigenvalue weighted by Crippen LogP contribution is 2.39. The smallest absolute Gasteiger partial charge is 0.238 e. The van der Waals surface area contributed by atoms with Crippen LogP contribution < -0.4 is 5.32 Å². The molecule has 0 aliphatic carbocycles. The zero-order valence-corrected chi connectivity index (χ0v) is 23.8. The van der Waals surface area contributed by atoms with Gasteiger partial charge in [0.1, 0.15) is 5.03 Å². The highest BCUT2D eigenvalue weighted by Gasteiger charge is 2.33. The van der Waals surface area contributed by atoms with Gasteiger partial charge < -0.3 is 5.32 Å². The summed E-state index contributed by atoms with van der Waals surface area (Å²) in [5.74, 6) is 0.468. The Morgan fingerprint density at radius 3 is 2.30 bits per heavy atom. The molecule has 1 amide bonds. The molecule has 1 N–H and O–H groups in total. The van der Waals surface area contributed by atoms with Crippen LogP contribution in [-0.2, 0) is 4.79 Å². The highest BCUT2D eigenvalue weighted by molar-refractivity contribution is 8.01. The number of carbonyl (C=O) groups excluding carboxylic acids is 1. The second kappa shape index (κ2) is 16.1. The standard InChI is InChI=1S/C27H44N2OS3/c1-6-8-10-12-13-15-21-17-18-22(16-14-11-9-7-2)33-25(21)26(30)29-24-23(31-4)19-20(3)28-27(24)32-5/h17-19,21-22,25H,6-16H2,1-5H3,(H,29,30)/t21-,22+,25-/m0/s1. The number of pyridine rings is 1. The predicted octanol–water partition coefficient (Wildman–Crippen LogP) is 8.76. The van der Waals surface area contributed by atoms with E-state index in [2.05, 4.69) is 48.6 Å². The maximum Gasteiger partial charge on any atom is 0.238 e. The van der Waals surface area contributed by atoms with Crippen molar-refractivity contribution < 1.29 is 4.79 Å². The average molecular weight is 509 g/mol. The van der Waals surface area contributed by atoms with E-state index in [1.807, 2.05) is 24.9 Å². The first-order valence-electron chi connectivity index (χ1n) is 12.8. The van der Waals surface area contributed by atoms with Crippen molar-refractivity contribution in [2.75, 3.05) is 17.8 Å². The van der Waals surface area contributed by atoms with Gasteiger partial charge in [-0.25, -0.2) is 4.98 Å². The number of rotatable bonds is 15. The van der Waals surface area contributed by atoms with E-state index in [-0.39, 0.29) is 11.2 Å². The molecular weight excluding hydrogens is 465 g/mol. The van der Waals surface area contributed by atoms with Crippen molar-refractivity contribution >= 4 is 46.9 Å². The molecule has 1 aromatic heterocycles. The van der Waals surface area contributed by atoms with Crippen LogP contribution in [0.15, 0.2) is 28.1 Å². The molecule has 1 aromatic rings. The fourth-order valence-corrected chi connectivity index (χ4v) is 7.14. The maximum absolute atomic E-state index is 13.6. The van der Waals surface area contributed by atoms with Gasteiger partial charge in [-0.3, -0.25) is 4.79 Å². The second-order valence-electron chi connectivity index (χ2n) is 9.04. The zero-order chi connectivity index (χ0) is 24.1. The van der Waals surface area contributed by atoms with Gasteiger partial charge in [-0.1, -0.05) is 83.8 Å². The summed E-state index contributed by atoms with van der Waals surface area (Å²) in [4.78, 5) is 19.4. The number of thioether (sulfide) groups is 3. The normalized spacial score (nSPS) is 20.2. The number of nitrogens with one attached hydrogen (secondary N) is 1. The second-order valence-corrected chi connectivity index (χ2v) is 12.1. The number of aryl methyl sites for hydroxylation is 1. The van der Waals surface area contributed by atoms with Crippen molar-refractivity contribution in [1.29, 1.82) is 0 Å². The minimum Gasteiger partial charge on any atom is -0.322 e. The van der Waals surface area contributed by atoms with E-state index in [1.165, 1.54) is 64.2 Å². The van der Waals surface area contributed by atoms with Gasteiger partial charge in [0.05, 0.1) is 10.9 Å². The molecule has 0 unspecified atom stereocenters. The third kappa shape index (κ3) is 9.52. The minimum absolute atomic E-state index is 0.0249. The van der Waals surface area contributed by atoms with Crippen LogP contribution >= 0.6 is 35.3 Å². The molecule has 6 heteroatoms. The Morgan fingerprint density at radius 1 is 0.970 bits per heavy atom. The molecule has 1 aliphatic rings. The Balaban J connectivity index is 2.13. The molecule has 0 spiro atoms. The summed E-state index contributed by atoms with van der Waals surface area (Å²) in [7, 11) is 0. The Kier molecular flexibility index (Phi) is 14.0. The quantitative estimate of drug-likeness (QED) is 0.146. The first-order valence-corrected chi connectivity index (χ1v) is 16.2. The van der Waals surface area contributed by atoms with Crippen LogP contribution in [0.3, 0.4) is 0 Å². The summed E-state index contributed by atoms with van der Waals surface area (Å²) < 4.78 is 0. The Morgan fingerprint density at radius 2 is 1.64 bits per heavy atom.